The Balaban J connectivity index is 1.96. The number of hydrogen-bond acceptors (Lipinski definition) is 8. The SMILES string of the molecule is COc1ccc(O)c(/C=N/Nc2ccc([N+](=O)[O-])cc2S(=O)(=O)Nc2ccccc2Cl)c1. The van der Waals surface area contributed by atoms with E-state index in [4.69, 9.17) is 16.3 Å². The maximum Gasteiger partial charge on any atom is 0.270 e. The first-order chi connectivity index (χ1) is 15.2. The van der Waals surface area contributed by atoms with Crippen molar-refractivity contribution in [1.29, 1.82) is 0 Å². The van der Waals surface area contributed by atoms with Crippen LogP contribution in [-0.2, 0) is 10.0 Å². The summed E-state index contributed by atoms with van der Waals surface area (Å²) in [5, 5.41) is 25.2. The van der Waals surface area contributed by atoms with E-state index in [0.29, 0.717) is 11.3 Å². The van der Waals surface area contributed by atoms with Crippen molar-refractivity contribution in [3.63, 3.8) is 0 Å². The van der Waals surface area contributed by atoms with Gasteiger partial charge in [-0.25, -0.2) is 8.42 Å². The number of rotatable bonds is 8. The summed E-state index contributed by atoms with van der Waals surface area (Å²) in [5.74, 6) is 0.403. The number of phenolic OH excluding ortho intramolecular Hbond substituents is 1. The lowest BCUT2D eigenvalue weighted by atomic mass is 10.2. The number of hydrazone groups is 1. The molecule has 0 amide bonds. The molecule has 0 aliphatic carbocycles. The Morgan fingerprint density at radius 3 is 2.56 bits per heavy atom. The van der Waals surface area contributed by atoms with Crippen LogP contribution in [0.25, 0.3) is 0 Å². The van der Waals surface area contributed by atoms with E-state index in [0.717, 1.165) is 12.1 Å². The van der Waals surface area contributed by atoms with Crippen LogP contribution in [0.15, 0.2) is 70.7 Å². The second kappa shape index (κ2) is 9.54. The molecule has 0 atom stereocenters. The third-order valence-corrected chi connectivity index (χ3v) is 5.94. The van der Waals surface area contributed by atoms with Gasteiger partial charge in [0.15, 0.2) is 0 Å². The summed E-state index contributed by atoms with van der Waals surface area (Å²) < 4.78 is 33.4. The van der Waals surface area contributed by atoms with Gasteiger partial charge in [0.05, 0.1) is 34.6 Å². The van der Waals surface area contributed by atoms with Crippen LogP contribution in [0.2, 0.25) is 5.02 Å². The molecule has 0 spiro atoms. The van der Waals surface area contributed by atoms with Crippen molar-refractivity contribution in [2.45, 2.75) is 4.90 Å². The molecule has 0 saturated heterocycles. The third-order valence-electron chi connectivity index (χ3n) is 4.21. The summed E-state index contributed by atoms with van der Waals surface area (Å²) in [6.45, 7) is 0. The number of benzene rings is 3. The molecule has 166 valence electrons. The highest BCUT2D eigenvalue weighted by atomic mass is 35.5. The van der Waals surface area contributed by atoms with E-state index in [1.54, 1.807) is 18.2 Å². The Morgan fingerprint density at radius 1 is 1.12 bits per heavy atom. The van der Waals surface area contributed by atoms with Crippen molar-refractivity contribution in [3.05, 3.63) is 81.4 Å². The molecule has 10 nitrogen and oxygen atoms in total. The molecule has 0 aliphatic heterocycles. The van der Waals surface area contributed by atoms with Gasteiger partial charge in [0.1, 0.15) is 16.4 Å². The molecule has 3 aromatic rings. The molecule has 3 aromatic carbocycles. The van der Waals surface area contributed by atoms with Gasteiger partial charge in [-0.3, -0.25) is 20.3 Å². The van der Waals surface area contributed by atoms with Crippen molar-refractivity contribution in [1.82, 2.24) is 0 Å². The zero-order valence-corrected chi connectivity index (χ0v) is 18.1. The number of nitro groups is 1. The van der Waals surface area contributed by atoms with Crippen LogP contribution < -0.4 is 14.9 Å². The highest BCUT2D eigenvalue weighted by molar-refractivity contribution is 7.93. The molecular weight excluding hydrogens is 460 g/mol. The van der Waals surface area contributed by atoms with Gasteiger partial charge in [0.25, 0.3) is 15.7 Å². The lowest BCUT2D eigenvalue weighted by Gasteiger charge is -2.13. The summed E-state index contributed by atoms with van der Waals surface area (Å²) in [5.41, 5.74) is 2.49. The third kappa shape index (κ3) is 5.25. The van der Waals surface area contributed by atoms with E-state index in [-0.39, 0.29) is 22.1 Å². The molecule has 3 N–H and O–H groups in total. The maximum absolute atomic E-state index is 13.0. The number of ether oxygens (including phenoxy) is 1. The fraction of sp³-hybridized carbons (Fsp3) is 0.0500. The van der Waals surface area contributed by atoms with Crippen LogP contribution >= 0.6 is 11.6 Å². The van der Waals surface area contributed by atoms with Gasteiger partial charge >= 0.3 is 0 Å². The molecule has 0 saturated carbocycles. The first kappa shape index (κ1) is 22.8. The van der Waals surface area contributed by atoms with Crippen molar-refractivity contribution in [2.75, 3.05) is 17.3 Å². The van der Waals surface area contributed by atoms with Crippen molar-refractivity contribution in [3.8, 4) is 11.5 Å². The summed E-state index contributed by atoms with van der Waals surface area (Å²) in [6, 6.07) is 13.9. The van der Waals surface area contributed by atoms with Crippen molar-refractivity contribution >= 4 is 44.9 Å². The first-order valence-corrected chi connectivity index (χ1v) is 10.8. The number of para-hydroxylation sites is 1. The highest BCUT2D eigenvalue weighted by Crippen LogP contribution is 2.30. The zero-order valence-electron chi connectivity index (χ0n) is 16.5. The Bertz CT molecular complexity index is 1300. The Labute approximate surface area is 188 Å². The van der Waals surface area contributed by atoms with Crippen LogP contribution in [0.3, 0.4) is 0 Å². The number of hydrogen-bond donors (Lipinski definition) is 3. The molecule has 0 fully saturated rings. The molecular formula is C20H17ClN4O6S. The second-order valence-electron chi connectivity index (χ2n) is 6.32. The summed E-state index contributed by atoms with van der Waals surface area (Å²) in [6.07, 6.45) is 1.25. The molecule has 0 radical (unpaired) electrons. The zero-order chi connectivity index (χ0) is 23.3. The molecule has 12 heteroatoms. The van der Waals surface area contributed by atoms with Gasteiger partial charge in [-0.05, 0) is 36.4 Å². The second-order valence-corrected chi connectivity index (χ2v) is 8.38. The number of non-ortho nitro benzene ring substituents is 1. The molecule has 0 aromatic heterocycles. The first-order valence-electron chi connectivity index (χ1n) is 8.93. The monoisotopic (exact) mass is 476 g/mol. The molecule has 0 heterocycles. The fourth-order valence-corrected chi connectivity index (χ4v) is 4.11. The van der Waals surface area contributed by atoms with E-state index >= 15 is 0 Å². The average molecular weight is 477 g/mol. The number of sulfonamides is 1. The quantitative estimate of drug-likeness (QED) is 0.251. The van der Waals surface area contributed by atoms with Crippen LogP contribution in [0.5, 0.6) is 11.5 Å². The minimum atomic E-state index is -4.28. The molecule has 0 unspecified atom stereocenters. The normalized spacial score (nSPS) is 11.3. The lowest BCUT2D eigenvalue weighted by molar-refractivity contribution is -0.385. The Kier molecular flexibility index (Phi) is 6.81. The van der Waals surface area contributed by atoms with Crippen LogP contribution in [0.1, 0.15) is 5.56 Å². The van der Waals surface area contributed by atoms with E-state index in [1.807, 2.05) is 0 Å². The van der Waals surface area contributed by atoms with Crippen LogP contribution in [0.4, 0.5) is 17.1 Å². The van der Waals surface area contributed by atoms with Crippen LogP contribution in [-0.4, -0.2) is 31.8 Å². The minimum absolute atomic E-state index is 0.0335. The topological polar surface area (TPSA) is 143 Å². The molecule has 0 aliphatic rings. The van der Waals surface area contributed by atoms with Gasteiger partial charge in [-0.15, -0.1) is 0 Å². The van der Waals surface area contributed by atoms with Gasteiger partial charge < -0.3 is 9.84 Å². The number of phenols is 1. The molecule has 32 heavy (non-hydrogen) atoms. The standard InChI is InChI=1S/C20H17ClN4O6S/c1-31-15-7-9-19(26)13(10-15)12-22-23-18-8-6-14(25(27)28)11-20(18)32(29,30)24-17-5-3-2-4-16(17)21/h2-12,23-24,26H,1H3/b22-12+. The number of halogens is 1. The lowest BCUT2D eigenvalue weighted by Crippen LogP contribution is -2.15. The van der Waals surface area contributed by atoms with Crippen molar-refractivity contribution in [2.24, 2.45) is 5.10 Å². The van der Waals surface area contributed by atoms with E-state index < -0.39 is 25.5 Å². The predicted molar refractivity (Wildman–Crippen MR) is 121 cm³/mol. The summed E-state index contributed by atoms with van der Waals surface area (Å²) in [4.78, 5) is 10.0. The molecule has 3 rings (SSSR count). The Hall–Kier alpha value is -3.83. The van der Waals surface area contributed by atoms with Crippen molar-refractivity contribution < 1.29 is 23.2 Å². The number of nitro benzene ring substituents is 1. The number of methoxy groups -OCH3 is 1. The number of nitrogens with one attached hydrogen (secondary N) is 2. The smallest absolute Gasteiger partial charge is 0.270 e. The van der Waals surface area contributed by atoms with Gasteiger partial charge in [-0.2, -0.15) is 5.10 Å². The fourth-order valence-electron chi connectivity index (χ4n) is 2.62. The number of aromatic hydroxyl groups is 1. The van der Waals surface area contributed by atoms with E-state index in [2.05, 4.69) is 15.2 Å². The van der Waals surface area contributed by atoms with Gasteiger partial charge in [-0.1, -0.05) is 23.7 Å². The number of anilines is 2. The predicted octanol–water partition coefficient (Wildman–Crippen LogP) is 4.21. The number of nitrogens with zero attached hydrogens (tertiary/aromatic N) is 2. The van der Waals surface area contributed by atoms with Gasteiger partial charge in [0.2, 0.25) is 0 Å². The average Bonchev–Trinajstić information content (AvgIpc) is 2.76. The largest absolute Gasteiger partial charge is 0.507 e. The van der Waals surface area contributed by atoms with Crippen LogP contribution in [0, 0.1) is 10.1 Å². The maximum atomic E-state index is 13.0. The molecule has 0 bridgehead atoms. The highest BCUT2D eigenvalue weighted by Gasteiger charge is 2.23. The summed E-state index contributed by atoms with van der Waals surface area (Å²) >= 11 is 6.02. The summed E-state index contributed by atoms with van der Waals surface area (Å²) in [7, 11) is -2.82. The van der Waals surface area contributed by atoms with Gasteiger partial charge in [0, 0.05) is 17.7 Å². The van der Waals surface area contributed by atoms with E-state index in [1.165, 1.54) is 43.7 Å². The Morgan fingerprint density at radius 2 is 1.88 bits per heavy atom. The van der Waals surface area contributed by atoms with E-state index in [9.17, 15) is 23.6 Å². The minimum Gasteiger partial charge on any atom is -0.507 e.